The molecule has 0 aliphatic heterocycles. The van der Waals surface area contributed by atoms with Gasteiger partial charge in [0.1, 0.15) is 0 Å². The average Bonchev–Trinajstić information content (AvgIpc) is 2.60. The molecular weight excluding hydrogens is 304 g/mol. The fourth-order valence-electron chi connectivity index (χ4n) is 1.99. The summed E-state index contributed by atoms with van der Waals surface area (Å²) in [6.07, 6.45) is 2.91. The molecule has 0 atom stereocenters. The van der Waals surface area contributed by atoms with Crippen LogP contribution < -0.4 is 4.74 Å². The zero-order valence-electron chi connectivity index (χ0n) is 13.6. The standard InChI is InChI=1S/C20H18O4/c1-3-24-19(21)12-10-16-13-17(20(22)18(14-16)23-2)11-9-15-7-5-4-6-8-15/h4-8,10,12-14,22H,3H2,1-2H3/b12-10+. The van der Waals surface area contributed by atoms with Crippen LogP contribution in [-0.2, 0) is 9.53 Å². The van der Waals surface area contributed by atoms with Crippen molar-refractivity contribution >= 4 is 12.0 Å². The molecule has 2 aromatic rings. The summed E-state index contributed by atoms with van der Waals surface area (Å²) >= 11 is 0. The first-order valence-corrected chi connectivity index (χ1v) is 7.47. The van der Waals surface area contributed by atoms with Crippen molar-refractivity contribution in [3.63, 3.8) is 0 Å². The molecule has 0 fully saturated rings. The molecule has 0 unspecified atom stereocenters. The van der Waals surface area contributed by atoms with Gasteiger partial charge in [-0.15, -0.1) is 0 Å². The molecule has 0 amide bonds. The minimum Gasteiger partial charge on any atom is -0.503 e. The van der Waals surface area contributed by atoms with Crippen molar-refractivity contribution in [1.82, 2.24) is 0 Å². The Balaban J connectivity index is 2.35. The highest BCUT2D eigenvalue weighted by Gasteiger charge is 2.08. The van der Waals surface area contributed by atoms with Crippen LogP contribution in [0, 0.1) is 11.8 Å². The summed E-state index contributed by atoms with van der Waals surface area (Å²) in [5.41, 5.74) is 1.93. The number of carbonyl (C=O) groups excluding carboxylic acids is 1. The lowest BCUT2D eigenvalue weighted by molar-refractivity contribution is -0.137. The highest BCUT2D eigenvalue weighted by molar-refractivity contribution is 5.87. The zero-order valence-corrected chi connectivity index (χ0v) is 13.6. The molecule has 0 heterocycles. The molecule has 1 N–H and O–H groups in total. The number of carbonyl (C=O) groups is 1. The van der Waals surface area contributed by atoms with E-state index in [1.165, 1.54) is 13.2 Å². The number of hydrogen-bond acceptors (Lipinski definition) is 4. The monoisotopic (exact) mass is 322 g/mol. The van der Waals surface area contributed by atoms with E-state index in [0.29, 0.717) is 23.5 Å². The Bertz CT molecular complexity index is 796. The van der Waals surface area contributed by atoms with Crippen molar-refractivity contribution in [3.05, 3.63) is 65.2 Å². The SMILES string of the molecule is CCOC(=O)/C=C/c1cc(C#Cc2ccccc2)c(O)c(OC)c1. The zero-order chi connectivity index (χ0) is 17.4. The Hall–Kier alpha value is -3.19. The van der Waals surface area contributed by atoms with Gasteiger partial charge in [-0.2, -0.15) is 0 Å². The van der Waals surface area contributed by atoms with Gasteiger partial charge < -0.3 is 14.6 Å². The van der Waals surface area contributed by atoms with Crippen LogP contribution in [0.5, 0.6) is 11.5 Å². The number of methoxy groups -OCH3 is 1. The summed E-state index contributed by atoms with van der Waals surface area (Å²) in [5.74, 6) is 5.74. The Morgan fingerprint density at radius 2 is 1.96 bits per heavy atom. The van der Waals surface area contributed by atoms with Crippen molar-refractivity contribution in [2.24, 2.45) is 0 Å². The minimum atomic E-state index is -0.429. The summed E-state index contributed by atoms with van der Waals surface area (Å²) in [5, 5.41) is 10.2. The van der Waals surface area contributed by atoms with Crippen molar-refractivity contribution in [2.45, 2.75) is 6.92 Å². The van der Waals surface area contributed by atoms with Crippen molar-refractivity contribution in [3.8, 4) is 23.3 Å². The van der Waals surface area contributed by atoms with Gasteiger partial charge >= 0.3 is 5.97 Å². The molecule has 0 bridgehead atoms. The topological polar surface area (TPSA) is 55.8 Å². The number of phenols is 1. The second-order valence-electron chi connectivity index (χ2n) is 4.82. The van der Waals surface area contributed by atoms with E-state index in [-0.39, 0.29) is 5.75 Å². The van der Waals surface area contributed by atoms with Crippen molar-refractivity contribution in [1.29, 1.82) is 0 Å². The number of aromatic hydroxyl groups is 1. The lowest BCUT2D eigenvalue weighted by Crippen LogP contribution is -1.98. The first-order valence-electron chi connectivity index (χ1n) is 7.47. The third kappa shape index (κ3) is 4.65. The third-order valence-electron chi connectivity index (χ3n) is 3.13. The second kappa shape index (κ2) is 8.44. The predicted octanol–water partition coefficient (Wildman–Crippen LogP) is 3.38. The van der Waals surface area contributed by atoms with Crippen LogP contribution in [0.3, 0.4) is 0 Å². The van der Waals surface area contributed by atoms with E-state index >= 15 is 0 Å². The Morgan fingerprint density at radius 3 is 2.62 bits per heavy atom. The first kappa shape index (κ1) is 17.2. The van der Waals surface area contributed by atoms with E-state index in [9.17, 15) is 9.90 Å². The number of ether oxygens (including phenoxy) is 2. The molecule has 4 nitrogen and oxygen atoms in total. The number of hydrogen-bond donors (Lipinski definition) is 1. The van der Waals surface area contributed by atoms with Crippen molar-refractivity contribution in [2.75, 3.05) is 13.7 Å². The number of rotatable bonds is 4. The average molecular weight is 322 g/mol. The molecule has 0 saturated heterocycles. The lowest BCUT2D eigenvalue weighted by Gasteiger charge is -2.07. The van der Waals surface area contributed by atoms with Crippen LogP contribution >= 0.6 is 0 Å². The van der Waals surface area contributed by atoms with Crippen LogP contribution in [0.2, 0.25) is 0 Å². The number of phenolic OH excluding ortho intramolecular Hbond substituents is 1. The number of esters is 1. The molecule has 4 heteroatoms. The molecule has 2 rings (SSSR count). The molecular formula is C20H18O4. The molecule has 0 radical (unpaired) electrons. The van der Waals surface area contributed by atoms with E-state index in [0.717, 1.165) is 5.56 Å². The smallest absolute Gasteiger partial charge is 0.330 e. The van der Waals surface area contributed by atoms with E-state index in [1.807, 2.05) is 30.3 Å². The van der Waals surface area contributed by atoms with E-state index < -0.39 is 5.97 Å². The highest BCUT2D eigenvalue weighted by Crippen LogP contribution is 2.31. The van der Waals surface area contributed by atoms with Gasteiger partial charge in [-0.25, -0.2) is 4.79 Å². The highest BCUT2D eigenvalue weighted by atomic mass is 16.5. The largest absolute Gasteiger partial charge is 0.503 e. The summed E-state index contributed by atoms with van der Waals surface area (Å²) in [6, 6.07) is 12.8. The van der Waals surface area contributed by atoms with Gasteiger partial charge in [0, 0.05) is 11.6 Å². The van der Waals surface area contributed by atoms with Crippen LogP contribution in [0.4, 0.5) is 0 Å². The normalized spacial score (nSPS) is 10.1. The molecule has 2 aromatic carbocycles. The quantitative estimate of drug-likeness (QED) is 0.533. The van der Waals surface area contributed by atoms with Gasteiger partial charge in [0.15, 0.2) is 11.5 Å². The van der Waals surface area contributed by atoms with E-state index in [2.05, 4.69) is 11.8 Å². The molecule has 0 saturated carbocycles. The Morgan fingerprint density at radius 1 is 1.21 bits per heavy atom. The van der Waals surface area contributed by atoms with E-state index in [1.54, 1.807) is 25.1 Å². The van der Waals surface area contributed by atoms with Crippen molar-refractivity contribution < 1.29 is 19.4 Å². The van der Waals surface area contributed by atoms with Gasteiger partial charge in [0.05, 0.1) is 19.3 Å². The molecule has 0 aromatic heterocycles. The summed E-state index contributed by atoms with van der Waals surface area (Å²) < 4.78 is 10.0. The molecule has 0 aliphatic rings. The van der Waals surface area contributed by atoms with Gasteiger partial charge in [-0.3, -0.25) is 0 Å². The summed E-state index contributed by atoms with van der Waals surface area (Å²) in [6.45, 7) is 2.06. The third-order valence-corrected chi connectivity index (χ3v) is 3.13. The predicted molar refractivity (Wildman–Crippen MR) is 92.7 cm³/mol. The van der Waals surface area contributed by atoms with Crippen LogP contribution in [0.1, 0.15) is 23.6 Å². The Kier molecular flexibility index (Phi) is 6.04. The first-order chi connectivity index (χ1) is 11.6. The van der Waals surface area contributed by atoms with Gasteiger partial charge in [-0.1, -0.05) is 30.0 Å². The van der Waals surface area contributed by atoms with Gasteiger partial charge in [-0.05, 0) is 42.8 Å². The number of benzene rings is 2. The summed E-state index contributed by atoms with van der Waals surface area (Å²) in [7, 11) is 1.46. The molecule has 0 aliphatic carbocycles. The van der Waals surface area contributed by atoms with Crippen LogP contribution in [0.15, 0.2) is 48.5 Å². The fraction of sp³-hybridized carbons (Fsp3) is 0.150. The summed E-state index contributed by atoms with van der Waals surface area (Å²) in [4.78, 5) is 11.4. The maximum absolute atomic E-state index is 11.4. The van der Waals surface area contributed by atoms with Gasteiger partial charge in [0.25, 0.3) is 0 Å². The van der Waals surface area contributed by atoms with Gasteiger partial charge in [0.2, 0.25) is 0 Å². The molecule has 0 spiro atoms. The maximum atomic E-state index is 11.4. The molecule has 122 valence electrons. The molecule has 24 heavy (non-hydrogen) atoms. The maximum Gasteiger partial charge on any atom is 0.330 e. The van der Waals surface area contributed by atoms with Crippen LogP contribution in [-0.4, -0.2) is 24.8 Å². The van der Waals surface area contributed by atoms with E-state index in [4.69, 9.17) is 9.47 Å². The Labute approximate surface area is 141 Å². The second-order valence-corrected chi connectivity index (χ2v) is 4.82. The fourth-order valence-corrected chi connectivity index (χ4v) is 1.99. The minimum absolute atomic E-state index is 0.0331. The lowest BCUT2D eigenvalue weighted by atomic mass is 10.1. The van der Waals surface area contributed by atoms with Crippen LogP contribution in [0.25, 0.3) is 6.08 Å².